The van der Waals surface area contributed by atoms with Crippen molar-refractivity contribution in [1.29, 1.82) is 0 Å². The Kier molecular flexibility index (Phi) is 2.85. The second-order valence-electron chi connectivity index (χ2n) is 9.11. The van der Waals surface area contributed by atoms with Gasteiger partial charge in [0.2, 0.25) is 0 Å². The zero-order valence-corrected chi connectivity index (χ0v) is 14.7. The van der Waals surface area contributed by atoms with Gasteiger partial charge in [0.15, 0.2) is 0 Å². The molecule has 0 aliphatic heterocycles. The molecule has 124 valence electrons. The Morgan fingerprint density at radius 3 is 2.20 bits per heavy atom. The molecular formula is C25H24. The van der Waals surface area contributed by atoms with Crippen LogP contribution in [0.15, 0.2) is 42.5 Å². The second kappa shape index (κ2) is 5.01. The Balaban J connectivity index is 1.39. The average Bonchev–Trinajstić information content (AvgIpc) is 2.98. The Hall–Kier alpha value is -2.00. The second-order valence-corrected chi connectivity index (χ2v) is 9.11. The summed E-state index contributed by atoms with van der Waals surface area (Å²) in [6.07, 6.45) is 9.67. The lowest BCUT2D eigenvalue weighted by Crippen LogP contribution is -2.45. The van der Waals surface area contributed by atoms with Gasteiger partial charge in [0, 0.05) is 11.0 Å². The van der Waals surface area contributed by atoms with E-state index < -0.39 is 0 Å². The highest BCUT2D eigenvalue weighted by Crippen LogP contribution is 2.59. The van der Waals surface area contributed by atoms with Crippen LogP contribution in [-0.4, -0.2) is 0 Å². The SMILES string of the molecule is C(#CC12CC3CC(CC(C3)C1)C2)c1cccc2c1Cc1ccccc1-2. The number of hydrogen-bond donors (Lipinski definition) is 0. The van der Waals surface area contributed by atoms with E-state index in [0.717, 1.165) is 24.2 Å². The molecule has 0 aromatic heterocycles. The van der Waals surface area contributed by atoms with E-state index in [2.05, 4.69) is 54.3 Å². The van der Waals surface area contributed by atoms with E-state index >= 15 is 0 Å². The zero-order valence-electron chi connectivity index (χ0n) is 14.7. The molecule has 0 unspecified atom stereocenters. The molecule has 25 heavy (non-hydrogen) atoms. The molecule has 4 saturated carbocycles. The fourth-order valence-corrected chi connectivity index (χ4v) is 6.74. The maximum Gasteiger partial charge on any atom is 0.0326 e. The van der Waals surface area contributed by atoms with Crippen molar-refractivity contribution >= 4 is 0 Å². The van der Waals surface area contributed by atoms with E-state index in [9.17, 15) is 0 Å². The van der Waals surface area contributed by atoms with E-state index in [1.807, 2.05) is 0 Å². The van der Waals surface area contributed by atoms with Crippen LogP contribution >= 0.6 is 0 Å². The minimum atomic E-state index is 0.350. The highest BCUT2D eigenvalue weighted by molar-refractivity contribution is 5.79. The lowest BCUT2D eigenvalue weighted by molar-refractivity contribution is -0.0181. The first kappa shape index (κ1) is 14.2. The molecule has 0 N–H and O–H groups in total. The first-order chi connectivity index (χ1) is 12.3. The van der Waals surface area contributed by atoms with Crippen LogP contribution in [0, 0.1) is 35.0 Å². The van der Waals surface area contributed by atoms with Crippen LogP contribution in [0.5, 0.6) is 0 Å². The Labute approximate surface area is 150 Å². The molecule has 5 aliphatic carbocycles. The molecule has 0 atom stereocenters. The number of rotatable bonds is 0. The van der Waals surface area contributed by atoms with Crippen LogP contribution in [0.4, 0.5) is 0 Å². The molecule has 4 bridgehead atoms. The fraction of sp³-hybridized carbons (Fsp3) is 0.440. The van der Waals surface area contributed by atoms with Crippen LogP contribution < -0.4 is 0 Å². The van der Waals surface area contributed by atoms with Crippen molar-refractivity contribution < 1.29 is 0 Å². The molecule has 5 aliphatic rings. The smallest absolute Gasteiger partial charge is 0.0326 e. The topological polar surface area (TPSA) is 0 Å². The van der Waals surface area contributed by atoms with Gasteiger partial charge in [0.05, 0.1) is 0 Å². The predicted octanol–water partition coefficient (Wildman–Crippen LogP) is 5.83. The molecule has 0 amide bonds. The van der Waals surface area contributed by atoms with E-state index in [-0.39, 0.29) is 0 Å². The zero-order chi connectivity index (χ0) is 16.4. The van der Waals surface area contributed by atoms with Crippen LogP contribution in [0.3, 0.4) is 0 Å². The van der Waals surface area contributed by atoms with Gasteiger partial charge in [0.25, 0.3) is 0 Å². The van der Waals surface area contributed by atoms with Crippen molar-refractivity contribution in [2.75, 3.05) is 0 Å². The third kappa shape index (κ3) is 2.15. The molecule has 0 spiro atoms. The number of fused-ring (bicyclic) bond motifs is 3. The molecule has 4 fully saturated rings. The van der Waals surface area contributed by atoms with Gasteiger partial charge in [-0.1, -0.05) is 48.2 Å². The predicted molar refractivity (Wildman–Crippen MR) is 102 cm³/mol. The summed E-state index contributed by atoms with van der Waals surface area (Å²) >= 11 is 0. The van der Waals surface area contributed by atoms with Gasteiger partial charge in [-0.3, -0.25) is 0 Å². The molecule has 2 aromatic carbocycles. The Morgan fingerprint density at radius 1 is 0.760 bits per heavy atom. The quantitative estimate of drug-likeness (QED) is 0.457. The first-order valence-electron chi connectivity index (χ1n) is 10.0. The highest BCUT2D eigenvalue weighted by atomic mass is 14.5. The number of benzene rings is 2. The van der Waals surface area contributed by atoms with Crippen molar-refractivity contribution in [2.45, 2.75) is 44.9 Å². The molecular weight excluding hydrogens is 300 g/mol. The first-order valence-corrected chi connectivity index (χ1v) is 10.0. The van der Waals surface area contributed by atoms with E-state index in [4.69, 9.17) is 0 Å². The van der Waals surface area contributed by atoms with Gasteiger partial charge in [-0.15, -0.1) is 0 Å². The van der Waals surface area contributed by atoms with E-state index in [1.165, 1.54) is 66.3 Å². The summed E-state index contributed by atoms with van der Waals surface area (Å²) < 4.78 is 0. The summed E-state index contributed by atoms with van der Waals surface area (Å²) in [5, 5.41) is 0. The third-order valence-electron chi connectivity index (χ3n) is 7.35. The Bertz CT molecular complexity index is 885. The van der Waals surface area contributed by atoms with Crippen LogP contribution in [-0.2, 0) is 6.42 Å². The van der Waals surface area contributed by atoms with Gasteiger partial charge < -0.3 is 0 Å². The summed E-state index contributed by atoms with van der Waals surface area (Å²) in [7, 11) is 0. The molecule has 0 heterocycles. The van der Waals surface area contributed by atoms with E-state index in [0.29, 0.717) is 5.41 Å². The maximum atomic E-state index is 3.85. The fourth-order valence-electron chi connectivity index (χ4n) is 6.74. The van der Waals surface area contributed by atoms with Crippen molar-refractivity contribution in [3.63, 3.8) is 0 Å². The Morgan fingerprint density at radius 2 is 1.44 bits per heavy atom. The lowest BCUT2D eigenvalue weighted by Gasteiger charge is -2.54. The minimum Gasteiger partial charge on any atom is -0.0910 e. The van der Waals surface area contributed by atoms with Crippen molar-refractivity contribution in [3.05, 3.63) is 59.2 Å². The third-order valence-corrected chi connectivity index (χ3v) is 7.35. The monoisotopic (exact) mass is 324 g/mol. The molecule has 7 rings (SSSR count). The summed E-state index contributed by atoms with van der Waals surface area (Å²) in [6, 6.07) is 15.6. The minimum absolute atomic E-state index is 0.350. The van der Waals surface area contributed by atoms with Crippen LogP contribution in [0.1, 0.15) is 55.2 Å². The molecule has 2 aromatic rings. The molecule has 0 saturated heterocycles. The van der Waals surface area contributed by atoms with Gasteiger partial charge >= 0.3 is 0 Å². The van der Waals surface area contributed by atoms with Gasteiger partial charge in [-0.25, -0.2) is 0 Å². The summed E-state index contributed by atoms with van der Waals surface area (Å²) in [5.74, 6) is 10.5. The van der Waals surface area contributed by atoms with Gasteiger partial charge in [-0.2, -0.15) is 0 Å². The standard InChI is InChI=1S/C25H24/c1-2-6-22-21(4-1)13-24-20(5-3-7-23(22)24)8-9-25-14-17-10-18(15-25)12-19(11-17)16-25/h1-7,17-19H,10-16H2. The average molecular weight is 324 g/mol. The lowest BCUT2D eigenvalue weighted by atomic mass is 9.50. The van der Waals surface area contributed by atoms with Crippen molar-refractivity contribution in [1.82, 2.24) is 0 Å². The van der Waals surface area contributed by atoms with Gasteiger partial charge in [-0.05, 0) is 91.0 Å². The summed E-state index contributed by atoms with van der Waals surface area (Å²) in [5.41, 5.74) is 7.37. The molecule has 0 nitrogen and oxygen atoms in total. The molecule has 0 radical (unpaired) electrons. The van der Waals surface area contributed by atoms with Crippen molar-refractivity contribution in [3.8, 4) is 23.0 Å². The van der Waals surface area contributed by atoms with Gasteiger partial charge in [0.1, 0.15) is 0 Å². The largest absolute Gasteiger partial charge is 0.0910 e. The highest BCUT2D eigenvalue weighted by Gasteiger charge is 2.50. The summed E-state index contributed by atoms with van der Waals surface area (Å²) in [6.45, 7) is 0. The van der Waals surface area contributed by atoms with Crippen LogP contribution in [0.2, 0.25) is 0 Å². The number of hydrogen-bond acceptors (Lipinski definition) is 0. The molecule has 0 heteroatoms. The van der Waals surface area contributed by atoms with E-state index in [1.54, 1.807) is 0 Å². The maximum absolute atomic E-state index is 3.85. The normalized spacial score (nSPS) is 33.5. The summed E-state index contributed by atoms with van der Waals surface area (Å²) in [4.78, 5) is 0. The van der Waals surface area contributed by atoms with Crippen LogP contribution in [0.25, 0.3) is 11.1 Å². The van der Waals surface area contributed by atoms with Crippen molar-refractivity contribution in [2.24, 2.45) is 23.2 Å².